The molecule has 0 atom stereocenters. The molecule has 4 nitrogen and oxygen atoms in total. The molecule has 6 rings (SSSR count). The number of phenols is 1. The molecule has 0 saturated carbocycles. The van der Waals surface area contributed by atoms with Gasteiger partial charge in [0.1, 0.15) is 11.4 Å². The molecule has 0 aliphatic heterocycles. The maximum atomic E-state index is 13.5. The first-order valence-corrected chi connectivity index (χ1v) is 8.86. The fraction of sp³-hybridized carbons (Fsp3) is 0.0435. The number of nitrogens with zero attached hydrogens (tertiary/aromatic N) is 2. The summed E-state index contributed by atoms with van der Waals surface area (Å²) >= 11 is 0. The first-order valence-electron chi connectivity index (χ1n) is 8.86. The molecule has 0 spiro atoms. The molecule has 128 valence electrons. The monoisotopic (exact) mass is 350 g/mol. The normalized spacial score (nSPS) is 12.2. The molecule has 1 N–H and O–H groups in total. The fourth-order valence-corrected chi connectivity index (χ4v) is 4.33. The summed E-state index contributed by atoms with van der Waals surface area (Å²) in [4.78, 5) is 18.4. The van der Waals surface area contributed by atoms with Crippen LogP contribution >= 0.6 is 0 Å². The third kappa shape index (κ3) is 1.67. The summed E-state index contributed by atoms with van der Waals surface area (Å²) in [6, 6.07) is 19.4. The van der Waals surface area contributed by atoms with Gasteiger partial charge < -0.3 is 5.11 Å². The minimum Gasteiger partial charge on any atom is -0.508 e. The Morgan fingerprint density at radius 3 is 2.48 bits per heavy atom. The lowest BCUT2D eigenvalue weighted by atomic mass is 9.97. The summed E-state index contributed by atoms with van der Waals surface area (Å²) in [5.74, 6) is 0.138. The number of hydrogen-bond donors (Lipinski definition) is 1. The van der Waals surface area contributed by atoms with Crippen LogP contribution in [0.4, 0.5) is 0 Å². The van der Waals surface area contributed by atoms with Crippen molar-refractivity contribution in [3.63, 3.8) is 0 Å². The van der Waals surface area contributed by atoms with Crippen molar-refractivity contribution in [2.24, 2.45) is 0 Å². The van der Waals surface area contributed by atoms with Gasteiger partial charge in [-0.05, 0) is 41.5 Å². The van der Waals surface area contributed by atoms with Crippen LogP contribution in [0.1, 0.15) is 5.56 Å². The molecular formula is C23H14N2O2. The van der Waals surface area contributed by atoms with Gasteiger partial charge in [-0.3, -0.25) is 9.20 Å². The van der Waals surface area contributed by atoms with Gasteiger partial charge in [0.05, 0.1) is 16.4 Å². The average Bonchev–Trinajstić information content (AvgIpc) is 2.69. The number of benzene rings is 4. The van der Waals surface area contributed by atoms with Crippen LogP contribution in [-0.4, -0.2) is 14.5 Å². The van der Waals surface area contributed by atoms with Crippen molar-refractivity contribution >= 4 is 49.0 Å². The van der Waals surface area contributed by atoms with E-state index in [4.69, 9.17) is 4.98 Å². The number of fused-ring (bicyclic) bond motifs is 3. The van der Waals surface area contributed by atoms with E-state index in [1.54, 1.807) is 10.5 Å². The van der Waals surface area contributed by atoms with Gasteiger partial charge in [0.2, 0.25) is 0 Å². The quantitative estimate of drug-likeness (QED) is 0.317. The topological polar surface area (TPSA) is 54.6 Å². The number of aromatic hydroxyl groups is 1. The van der Waals surface area contributed by atoms with Crippen molar-refractivity contribution in [1.82, 2.24) is 9.38 Å². The van der Waals surface area contributed by atoms with E-state index < -0.39 is 0 Å². The summed E-state index contributed by atoms with van der Waals surface area (Å²) in [6.45, 7) is 1.87. The van der Waals surface area contributed by atoms with E-state index in [-0.39, 0.29) is 11.3 Å². The molecule has 0 radical (unpaired) electrons. The molecule has 4 aromatic carbocycles. The van der Waals surface area contributed by atoms with E-state index in [2.05, 4.69) is 0 Å². The van der Waals surface area contributed by atoms with E-state index in [1.165, 1.54) is 0 Å². The second-order valence-corrected chi connectivity index (χ2v) is 7.02. The van der Waals surface area contributed by atoms with Crippen LogP contribution in [0.5, 0.6) is 5.75 Å². The van der Waals surface area contributed by atoms with Crippen molar-refractivity contribution in [3.05, 3.63) is 76.6 Å². The van der Waals surface area contributed by atoms with Gasteiger partial charge in [0.25, 0.3) is 5.56 Å². The van der Waals surface area contributed by atoms with E-state index in [1.807, 2.05) is 61.5 Å². The molecule has 6 aromatic rings. The van der Waals surface area contributed by atoms with Crippen molar-refractivity contribution in [2.75, 3.05) is 0 Å². The number of aromatic nitrogens is 2. The van der Waals surface area contributed by atoms with Gasteiger partial charge in [0, 0.05) is 16.2 Å². The highest BCUT2D eigenvalue weighted by Crippen LogP contribution is 2.35. The smallest absolute Gasteiger partial charge is 0.264 e. The van der Waals surface area contributed by atoms with Crippen LogP contribution in [0.15, 0.2) is 65.5 Å². The maximum absolute atomic E-state index is 13.5. The Hall–Kier alpha value is -3.66. The minimum absolute atomic E-state index is 0.138. The molecule has 0 amide bonds. The van der Waals surface area contributed by atoms with Crippen molar-refractivity contribution in [2.45, 2.75) is 6.92 Å². The predicted molar refractivity (Wildman–Crippen MR) is 109 cm³/mol. The number of phenolic OH excluding ortho intramolecular Hbond substituents is 1. The van der Waals surface area contributed by atoms with Gasteiger partial charge in [-0.25, -0.2) is 4.98 Å². The molecule has 0 aliphatic carbocycles. The number of aryl methyl sites for hydroxylation is 1. The van der Waals surface area contributed by atoms with Gasteiger partial charge in [-0.2, -0.15) is 0 Å². The van der Waals surface area contributed by atoms with Crippen LogP contribution in [0.2, 0.25) is 0 Å². The Bertz CT molecular complexity index is 1610. The largest absolute Gasteiger partial charge is 0.508 e. The molecule has 0 fully saturated rings. The lowest BCUT2D eigenvalue weighted by Crippen LogP contribution is -2.16. The Balaban J connectivity index is 2.06. The summed E-state index contributed by atoms with van der Waals surface area (Å²) in [5, 5.41) is 15.6. The molecule has 2 aromatic heterocycles. The summed E-state index contributed by atoms with van der Waals surface area (Å²) in [5.41, 5.74) is 2.97. The fourth-order valence-electron chi connectivity index (χ4n) is 4.33. The van der Waals surface area contributed by atoms with Crippen molar-refractivity contribution < 1.29 is 5.11 Å². The second kappa shape index (κ2) is 4.74. The zero-order valence-corrected chi connectivity index (χ0v) is 14.5. The van der Waals surface area contributed by atoms with Crippen LogP contribution in [-0.2, 0) is 0 Å². The number of hydrogen-bond acceptors (Lipinski definition) is 3. The van der Waals surface area contributed by atoms with Gasteiger partial charge in [-0.15, -0.1) is 0 Å². The molecule has 0 unspecified atom stereocenters. The predicted octanol–water partition coefficient (Wildman–Crippen LogP) is 4.76. The Morgan fingerprint density at radius 2 is 1.63 bits per heavy atom. The van der Waals surface area contributed by atoms with Gasteiger partial charge in [0.15, 0.2) is 0 Å². The molecule has 4 heteroatoms. The minimum atomic E-state index is -0.158. The number of pyridine rings is 1. The zero-order chi connectivity index (χ0) is 18.3. The SMILES string of the molecule is Cc1c(O)cc2c(=O)n3c4cccc5cccc(nc3c3cccc1c23)c54. The summed E-state index contributed by atoms with van der Waals surface area (Å²) < 4.78 is 1.68. The zero-order valence-electron chi connectivity index (χ0n) is 14.5. The highest BCUT2D eigenvalue weighted by atomic mass is 16.3. The van der Waals surface area contributed by atoms with E-state index >= 15 is 0 Å². The second-order valence-electron chi connectivity index (χ2n) is 7.02. The lowest BCUT2D eigenvalue weighted by Gasteiger charge is -2.15. The number of rotatable bonds is 0. The first-order chi connectivity index (χ1) is 13.1. The van der Waals surface area contributed by atoms with Crippen LogP contribution in [0.25, 0.3) is 49.0 Å². The molecule has 27 heavy (non-hydrogen) atoms. The molecule has 0 aliphatic rings. The standard InChI is InChI=1S/C23H14N2O2/c1-12-14-7-4-8-15-21(14)16(11-19(12)26)23(27)25-18-10-3-6-13-5-2-9-17(20(13)18)24-22(15)25/h2-11,26H,1H3. The Labute approximate surface area is 153 Å². The highest BCUT2D eigenvalue weighted by Gasteiger charge is 2.18. The van der Waals surface area contributed by atoms with Gasteiger partial charge >= 0.3 is 0 Å². The third-order valence-corrected chi connectivity index (χ3v) is 5.62. The Kier molecular flexibility index (Phi) is 2.54. The van der Waals surface area contributed by atoms with Gasteiger partial charge in [-0.1, -0.05) is 42.5 Å². The van der Waals surface area contributed by atoms with Crippen LogP contribution in [0, 0.1) is 6.92 Å². The molecular weight excluding hydrogens is 336 g/mol. The van der Waals surface area contributed by atoms with Crippen molar-refractivity contribution in [3.8, 4) is 5.75 Å². The Morgan fingerprint density at radius 1 is 0.889 bits per heavy atom. The molecule has 0 bridgehead atoms. The molecule has 2 heterocycles. The average molecular weight is 350 g/mol. The first kappa shape index (κ1) is 14.5. The van der Waals surface area contributed by atoms with Crippen LogP contribution < -0.4 is 5.56 Å². The van der Waals surface area contributed by atoms with Crippen molar-refractivity contribution in [1.29, 1.82) is 0 Å². The van der Waals surface area contributed by atoms with E-state index in [0.717, 1.165) is 43.5 Å². The summed E-state index contributed by atoms with van der Waals surface area (Å²) in [7, 11) is 0. The van der Waals surface area contributed by atoms with E-state index in [0.29, 0.717) is 11.0 Å². The van der Waals surface area contributed by atoms with Crippen LogP contribution in [0.3, 0.4) is 0 Å². The third-order valence-electron chi connectivity index (χ3n) is 5.62. The lowest BCUT2D eigenvalue weighted by molar-refractivity contribution is 0.473. The molecule has 0 saturated heterocycles. The van der Waals surface area contributed by atoms with E-state index in [9.17, 15) is 9.90 Å². The highest BCUT2D eigenvalue weighted by molar-refractivity contribution is 6.18. The summed E-state index contributed by atoms with van der Waals surface area (Å²) in [6.07, 6.45) is 0. The maximum Gasteiger partial charge on any atom is 0.264 e.